The van der Waals surface area contributed by atoms with Crippen LogP contribution in [0.3, 0.4) is 0 Å². The van der Waals surface area contributed by atoms with Crippen molar-refractivity contribution < 1.29 is 4.42 Å². The summed E-state index contributed by atoms with van der Waals surface area (Å²) < 4.78 is 5.49. The number of hydrogen-bond donors (Lipinski definition) is 0. The van der Waals surface area contributed by atoms with Crippen LogP contribution in [0, 0.1) is 45.3 Å². The molecule has 1 aromatic carbocycles. The fraction of sp³-hybridized carbons (Fsp3) is 0.214. The summed E-state index contributed by atoms with van der Waals surface area (Å²) >= 11 is 0. The predicted octanol–water partition coefficient (Wildman–Crippen LogP) is 2.44. The number of hydrogen-bond acceptors (Lipinski definition) is 6. The zero-order chi connectivity index (χ0) is 14.9. The van der Waals surface area contributed by atoms with Crippen molar-refractivity contribution in [2.75, 3.05) is 0 Å². The maximum atomic E-state index is 9.20. The summed E-state index contributed by atoms with van der Waals surface area (Å²) in [5.74, 6) is 0.309. The van der Waals surface area contributed by atoms with Crippen molar-refractivity contribution >= 4 is 11.1 Å². The molecule has 6 heteroatoms. The molecular weight excluding hydrogens is 254 g/mol. The highest BCUT2D eigenvalue weighted by Gasteiger charge is 2.24. The van der Waals surface area contributed by atoms with Gasteiger partial charge in [0.15, 0.2) is 11.5 Å². The molecule has 0 amide bonds. The van der Waals surface area contributed by atoms with Gasteiger partial charge in [0.25, 0.3) is 0 Å². The van der Waals surface area contributed by atoms with Gasteiger partial charge in [-0.05, 0) is 0 Å². The first-order valence-corrected chi connectivity index (χ1v) is 5.69. The molecule has 1 aromatic heterocycles. The number of rotatable bonds is 1. The van der Waals surface area contributed by atoms with Gasteiger partial charge < -0.3 is 4.42 Å². The average molecular weight is 261 g/mol. The van der Waals surface area contributed by atoms with E-state index in [9.17, 15) is 10.5 Å². The number of aromatic nitrogens is 1. The topological polar surface area (TPSA) is 121 Å². The predicted molar refractivity (Wildman–Crippen MR) is 67.0 cm³/mol. The van der Waals surface area contributed by atoms with Gasteiger partial charge in [-0.1, -0.05) is 13.8 Å². The molecule has 0 unspecified atom stereocenters. The van der Waals surface area contributed by atoms with Gasteiger partial charge in [0, 0.05) is 5.92 Å². The fourth-order valence-electron chi connectivity index (χ4n) is 1.84. The summed E-state index contributed by atoms with van der Waals surface area (Å²) in [5.41, 5.74) is -0.133. The first-order valence-electron chi connectivity index (χ1n) is 5.69. The number of oxazole rings is 1. The Hall–Kier alpha value is -3.35. The second kappa shape index (κ2) is 4.73. The van der Waals surface area contributed by atoms with Crippen LogP contribution in [0.5, 0.6) is 0 Å². The molecule has 2 aromatic rings. The van der Waals surface area contributed by atoms with Crippen LogP contribution in [0.4, 0.5) is 0 Å². The smallest absolute Gasteiger partial charge is 0.198 e. The third-order valence-electron chi connectivity index (χ3n) is 2.80. The van der Waals surface area contributed by atoms with Crippen LogP contribution < -0.4 is 0 Å². The first kappa shape index (κ1) is 13.1. The molecule has 0 fully saturated rings. The van der Waals surface area contributed by atoms with E-state index < -0.39 is 0 Å². The number of fused-ring (bicyclic) bond motifs is 1. The Morgan fingerprint density at radius 2 is 1.35 bits per heavy atom. The van der Waals surface area contributed by atoms with Gasteiger partial charge >= 0.3 is 0 Å². The van der Waals surface area contributed by atoms with Crippen LogP contribution in [0.1, 0.15) is 47.9 Å². The highest BCUT2D eigenvalue weighted by Crippen LogP contribution is 2.31. The number of nitrogens with zero attached hydrogens (tertiary/aromatic N) is 5. The van der Waals surface area contributed by atoms with E-state index in [1.165, 1.54) is 0 Å². The average Bonchev–Trinajstić information content (AvgIpc) is 2.88. The molecule has 6 nitrogen and oxygen atoms in total. The van der Waals surface area contributed by atoms with Gasteiger partial charge in [0.05, 0.1) is 11.1 Å². The highest BCUT2D eigenvalue weighted by molar-refractivity contribution is 5.90. The van der Waals surface area contributed by atoms with Gasteiger partial charge in [0.2, 0.25) is 0 Å². The van der Waals surface area contributed by atoms with Crippen molar-refractivity contribution in [2.45, 2.75) is 19.8 Å². The van der Waals surface area contributed by atoms with Gasteiger partial charge in [-0.2, -0.15) is 21.0 Å². The van der Waals surface area contributed by atoms with Crippen LogP contribution in [-0.4, -0.2) is 4.98 Å². The Morgan fingerprint density at radius 3 is 1.80 bits per heavy atom. The molecule has 20 heavy (non-hydrogen) atoms. The summed E-state index contributed by atoms with van der Waals surface area (Å²) in [5, 5.41) is 36.7. The van der Waals surface area contributed by atoms with Crippen LogP contribution in [0.15, 0.2) is 4.42 Å². The second-order valence-electron chi connectivity index (χ2n) is 4.33. The van der Waals surface area contributed by atoms with Crippen molar-refractivity contribution in [3.05, 3.63) is 28.1 Å². The summed E-state index contributed by atoms with van der Waals surface area (Å²) in [7, 11) is 0. The summed E-state index contributed by atoms with van der Waals surface area (Å²) in [6.45, 7) is 3.69. The van der Waals surface area contributed by atoms with E-state index in [0.29, 0.717) is 5.89 Å². The quantitative estimate of drug-likeness (QED) is 0.776. The van der Waals surface area contributed by atoms with E-state index in [1.807, 2.05) is 26.0 Å². The monoisotopic (exact) mass is 261 g/mol. The second-order valence-corrected chi connectivity index (χ2v) is 4.33. The van der Waals surface area contributed by atoms with E-state index in [2.05, 4.69) is 4.98 Å². The minimum Gasteiger partial charge on any atom is -0.439 e. The van der Waals surface area contributed by atoms with Gasteiger partial charge in [0.1, 0.15) is 40.9 Å². The maximum absolute atomic E-state index is 9.20. The van der Waals surface area contributed by atoms with E-state index in [-0.39, 0.29) is 39.3 Å². The molecule has 0 atom stereocenters. The molecule has 0 radical (unpaired) electrons. The van der Waals surface area contributed by atoms with Gasteiger partial charge in [-0.25, -0.2) is 4.98 Å². The lowest BCUT2D eigenvalue weighted by Crippen LogP contribution is -1.96. The molecular formula is C14H7N5O. The fourth-order valence-corrected chi connectivity index (χ4v) is 1.84. The zero-order valence-corrected chi connectivity index (χ0v) is 10.7. The highest BCUT2D eigenvalue weighted by atomic mass is 16.3. The van der Waals surface area contributed by atoms with Crippen LogP contribution in [0.25, 0.3) is 11.1 Å². The Kier molecular flexibility index (Phi) is 3.10. The maximum Gasteiger partial charge on any atom is 0.198 e. The Balaban J connectivity index is 3.10. The van der Waals surface area contributed by atoms with Gasteiger partial charge in [-0.3, -0.25) is 0 Å². The van der Waals surface area contributed by atoms with E-state index in [0.717, 1.165) is 0 Å². The lowest BCUT2D eigenvalue weighted by molar-refractivity contribution is 0.501. The zero-order valence-electron chi connectivity index (χ0n) is 10.7. The van der Waals surface area contributed by atoms with E-state index >= 15 is 0 Å². The molecule has 0 spiro atoms. The molecule has 0 saturated heterocycles. The Bertz CT molecular complexity index is 809. The lowest BCUT2D eigenvalue weighted by Gasteiger charge is -2.00. The number of nitriles is 4. The first-order chi connectivity index (χ1) is 9.58. The minimum atomic E-state index is -0.148. The molecule has 2 rings (SSSR count). The molecule has 0 N–H and O–H groups in total. The third-order valence-corrected chi connectivity index (χ3v) is 2.80. The SMILES string of the molecule is CC(C)c1nc2c(C#N)c(C#N)c(C#N)c(C#N)c2o1. The van der Waals surface area contributed by atoms with Crippen LogP contribution >= 0.6 is 0 Å². The normalized spacial score (nSPS) is 9.75. The van der Waals surface area contributed by atoms with Gasteiger partial charge in [-0.15, -0.1) is 0 Å². The molecule has 0 bridgehead atoms. The largest absolute Gasteiger partial charge is 0.439 e. The summed E-state index contributed by atoms with van der Waals surface area (Å²) in [4.78, 5) is 4.17. The molecule has 0 saturated carbocycles. The molecule has 0 aliphatic heterocycles. The summed E-state index contributed by atoms with van der Waals surface area (Å²) in [6, 6.07) is 7.29. The minimum absolute atomic E-state index is 0.0336. The van der Waals surface area contributed by atoms with Crippen LogP contribution in [-0.2, 0) is 0 Å². The third kappa shape index (κ3) is 1.65. The Labute approximate surface area is 114 Å². The van der Waals surface area contributed by atoms with Crippen molar-refractivity contribution in [3.8, 4) is 24.3 Å². The van der Waals surface area contributed by atoms with Crippen molar-refractivity contribution in [1.29, 1.82) is 21.0 Å². The van der Waals surface area contributed by atoms with Crippen molar-refractivity contribution in [1.82, 2.24) is 4.98 Å². The Morgan fingerprint density at radius 1 is 0.850 bits per heavy atom. The van der Waals surface area contributed by atoms with Crippen LogP contribution in [0.2, 0.25) is 0 Å². The number of benzene rings is 1. The summed E-state index contributed by atoms with van der Waals surface area (Å²) in [6.07, 6.45) is 0. The van der Waals surface area contributed by atoms with Crippen molar-refractivity contribution in [2.24, 2.45) is 0 Å². The lowest BCUT2D eigenvalue weighted by atomic mass is 9.97. The molecule has 0 aliphatic carbocycles. The van der Waals surface area contributed by atoms with Crippen molar-refractivity contribution in [3.63, 3.8) is 0 Å². The molecule has 0 aliphatic rings. The van der Waals surface area contributed by atoms with E-state index in [4.69, 9.17) is 14.9 Å². The standard InChI is InChI=1S/C14H7N5O/c1-7(2)14-19-12-10(5-17)8(3-15)9(4-16)11(6-18)13(12)20-14/h7H,1-2H3. The molecule has 1 heterocycles. The molecule has 94 valence electrons. The van der Waals surface area contributed by atoms with E-state index in [1.54, 1.807) is 12.1 Å².